The third kappa shape index (κ3) is 5.63. The molecule has 0 spiro atoms. The summed E-state index contributed by atoms with van der Waals surface area (Å²) in [4.78, 5) is 0. The fourth-order valence-electron chi connectivity index (χ4n) is 2.09. The highest BCUT2D eigenvalue weighted by Crippen LogP contribution is 2.13. The molecule has 0 radical (unpaired) electrons. The summed E-state index contributed by atoms with van der Waals surface area (Å²) in [5.41, 5.74) is -0.229. The van der Waals surface area contributed by atoms with Crippen molar-refractivity contribution in [3.05, 3.63) is 60.1 Å². The zero-order valence-electron chi connectivity index (χ0n) is 12.5. The number of aryl methyl sites for hydroxylation is 1. The third-order valence-electron chi connectivity index (χ3n) is 3.31. The van der Waals surface area contributed by atoms with E-state index in [1.807, 2.05) is 30.3 Å². The van der Waals surface area contributed by atoms with Crippen molar-refractivity contribution in [3.8, 4) is 0 Å². The smallest absolute Gasteiger partial charge is 0.212 e. The predicted molar refractivity (Wildman–Crippen MR) is 85.0 cm³/mol. The molecule has 1 atom stereocenters. The molecule has 2 N–H and O–H groups in total. The van der Waals surface area contributed by atoms with Crippen LogP contribution in [0.4, 0.5) is 0 Å². The van der Waals surface area contributed by atoms with Crippen molar-refractivity contribution in [1.29, 1.82) is 0 Å². The quantitative estimate of drug-likeness (QED) is 0.775. The average Bonchev–Trinajstić information content (AvgIpc) is 2.97. The van der Waals surface area contributed by atoms with Crippen molar-refractivity contribution in [2.75, 3.05) is 12.3 Å². The number of sulfonamides is 1. The maximum atomic E-state index is 12.0. The minimum atomic E-state index is -3.43. The first-order valence-corrected chi connectivity index (χ1v) is 8.78. The van der Waals surface area contributed by atoms with Gasteiger partial charge in [0, 0.05) is 13.0 Å². The summed E-state index contributed by atoms with van der Waals surface area (Å²) in [6.45, 7) is 1.53. The van der Waals surface area contributed by atoms with Crippen LogP contribution in [0.25, 0.3) is 0 Å². The number of nitrogens with one attached hydrogen (secondary N) is 1. The second-order valence-electron chi connectivity index (χ2n) is 5.63. The molecule has 0 saturated heterocycles. The molecule has 1 heterocycles. The highest BCUT2D eigenvalue weighted by Gasteiger charge is 2.24. The van der Waals surface area contributed by atoms with Crippen LogP contribution in [0.15, 0.2) is 53.1 Å². The SMILES string of the molecule is CC(O)(CNS(=O)(=O)CCc1ccccc1)Cc1ccco1. The van der Waals surface area contributed by atoms with Crippen molar-refractivity contribution in [1.82, 2.24) is 4.72 Å². The number of rotatable bonds is 8. The van der Waals surface area contributed by atoms with E-state index in [1.165, 1.54) is 6.26 Å². The Labute approximate surface area is 131 Å². The highest BCUT2D eigenvalue weighted by atomic mass is 32.2. The summed E-state index contributed by atoms with van der Waals surface area (Å²) in [7, 11) is -3.43. The van der Waals surface area contributed by atoms with Crippen LogP contribution in [0, 0.1) is 0 Å². The van der Waals surface area contributed by atoms with Crippen LogP contribution in [0.5, 0.6) is 0 Å². The van der Waals surface area contributed by atoms with Crippen LogP contribution in [0.3, 0.4) is 0 Å². The molecule has 0 aliphatic carbocycles. The molecule has 0 amide bonds. The van der Waals surface area contributed by atoms with Crippen LogP contribution >= 0.6 is 0 Å². The Morgan fingerprint density at radius 2 is 1.91 bits per heavy atom. The molecule has 120 valence electrons. The number of furan rings is 1. The van der Waals surface area contributed by atoms with E-state index in [0.29, 0.717) is 12.2 Å². The molecule has 0 fully saturated rings. The molecule has 0 saturated carbocycles. The normalized spacial score (nSPS) is 14.6. The van der Waals surface area contributed by atoms with Crippen molar-refractivity contribution >= 4 is 10.0 Å². The van der Waals surface area contributed by atoms with Crippen molar-refractivity contribution in [2.45, 2.75) is 25.4 Å². The zero-order valence-corrected chi connectivity index (χ0v) is 13.3. The van der Waals surface area contributed by atoms with E-state index >= 15 is 0 Å². The van der Waals surface area contributed by atoms with Gasteiger partial charge in [0.2, 0.25) is 10.0 Å². The monoisotopic (exact) mass is 323 g/mol. The highest BCUT2D eigenvalue weighted by molar-refractivity contribution is 7.89. The maximum Gasteiger partial charge on any atom is 0.212 e. The van der Waals surface area contributed by atoms with Gasteiger partial charge in [-0.3, -0.25) is 0 Å². The predicted octanol–water partition coefficient (Wildman–Crippen LogP) is 1.74. The zero-order chi connectivity index (χ0) is 16.1. The Morgan fingerprint density at radius 1 is 1.18 bits per heavy atom. The van der Waals surface area contributed by atoms with E-state index < -0.39 is 15.6 Å². The molecule has 22 heavy (non-hydrogen) atoms. The van der Waals surface area contributed by atoms with Crippen molar-refractivity contribution in [2.24, 2.45) is 0 Å². The number of aliphatic hydroxyl groups is 1. The van der Waals surface area contributed by atoms with E-state index in [1.54, 1.807) is 19.1 Å². The van der Waals surface area contributed by atoms with Gasteiger partial charge < -0.3 is 9.52 Å². The van der Waals surface area contributed by atoms with Gasteiger partial charge in [0.25, 0.3) is 0 Å². The fraction of sp³-hybridized carbons (Fsp3) is 0.375. The minimum Gasteiger partial charge on any atom is -0.469 e. The summed E-state index contributed by atoms with van der Waals surface area (Å²) in [5, 5.41) is 10.2. The lowest BCUT2D eigenvalue weighted by Gasteiger charge is -2.22. The number of benzene rings is 1. The van der Waals surface area contributed by atoms with Gasteiger partial charge in [-0.1, -0.05) is 30.3 Å². The molecule has 0 aliphatic heterocycles. The lowest BCUT2D eigenvalue weighted by Crippen LogP contribution is -2.43. The lowest BCUT2D eigenvalue weighted by atomic mass is 10.0. The first-order chi connectivity index (χ1) is 10.4. The Hall–Kier alpha value is -1.63. The van der Waals surface area contributed by atoms with Crippen molar-refractivity contribution in [3.63, 3.8) is 0 Å². The van der Waals surface area contributed by atoms with Gasteiger partial charge in [-0.2, -0.15) is 0 Å². The van der Waals surface area contributed by atoms with E-state index in [0.717, 1.165) is 5.56 Å². The van der Waals surface area contributed by atoms with E-state index in [4.69, 9.17) is 4.42 Å². The Kier molecular flexibility index (Phi) is 5.39. The molecular weight excluding hydrogens is 302 g/mol. The summed E-state index contributed by atoms with van der Waals surface area (Å²) in [5.74, 6) is 0.613. The van der Waals surface area contributed by atoms with E-state index in [9.17, 15) is 13.5 Å². The number of hydrogen-bond donors (Lipinski definition) is 2. The molecule has 1 unspecified atom stereocenters. The summed E-state index contributed by atoms with van der Waals surface area (Å²) in [6.07, 6.45) is 2.22. The average molecular weight is 323 g/mol. The van der Waals surface area contributed by atoms with Gasteiger partial charge in [-0.15, -0.1) is 0 Å². The van der Waals surface area contributed by atoms with Gasteiger partial charge in [-0.25, -0.2) is 13.1 Å². The molecule has 2 aromatic rings. The van der Waals surface area contributed by atoms with Crippen LogP contribution in [-0.4, -0.2) is 31.4 Å². The van der Waals surface area contributed by atoms with Crippen LogP contribution < -0.4 is 4.72 Å². The molecule has 1 aromatic heterocycles. The first kappa shape index (κ1) is 16.7. The summed E-state index contributed by atoms with van der Waals surface area (Å²) in [6, 6.07) is 12.9. The van der Waals surface area contributed by atoms with Crippen LogP contribution in [-0.2, 0) is 22.9 Å². The fourth-order valence-corrected chi connectivity index (χ4v) is 3.27. The summed E-state index contributed by atoms with van der Waals surface area (Å²) < 4.78 is 31.6. The van der Waals surface area contributed by atoms with Gasteiger partial charge in [-0.05, 0) is 31.0 Å². The molecule has 6 heteroatoms. The summed E-state index contributed by atoms with van der Waals surface area (Å²) >= 11 is 0. The second-order valence-corrected chi connectivity index (χ2v) is 7.56. The Balaban J connectivity index is 1.83. The first-order valence-electron chi connectivity index (χ1n) is 7.12. The topological polar surface area (TPSA) is 79.5 Å². The van der Waals surface area contributed by atoms with Gasteiger partial charge in [0.05, 0.1) is 17.6 Å². The Morgan fingerprint density at radius 3 is 2.55 bits per heavy atom. The van der Waals surface area contributed by atoms with Crippen molar-refractivity contribution < 1.29 is 17.9 Å². The van der Waals surface area contributed by atoms with Crippen LogP contribution in [0.2, 0.25) is 0 Å². The van der Waals surface area contributed by atoms with E-state index in [2.05, 4.69) is 4.72 Å². The Bertz CT molecular complexity index is 663. The third-order valence-corrected chi connectivity index (χ3v) is 4.64. The van der Waals surface area contributed by atoms with Gasteiger partial charge >= 0.3 is 0 Å². The molecular formula is C16H21NO4S. The molecule has 1 aromatic carbocycles. The molecule has 0 aliphatic rings. The maximum absolute atomic E-state index is 12.0. The minimum absolute atomic E-state index is 0.00611. The van der Waals surface area contributed by atoms with Crippen LogP contribution in [0.1, 0.15) is 18.2 Å². The largest absolute Gasteiger partial charge is 0.469 e. The standard InChI is InChI=1S/C16H21NO4S/c1-16(18,12-15-8-5-10-21-15)13-17-22(19,20)11-9-14-6-3-2-4-7-14/h2-8,10,17-18H,9,11-13H2,1H3. The number of hydrogen-bond acceptors (Lipinski definition) is 4. The van der Waals surface area contributed by atoms with Gasteiger partial charge in [0.1, 0.15) is 5.76 Å². The van der Waals surface area contributed by atoms with E-state index in [-0.39, 0.29) is 18.7 Å². The lowest BCUT2D eigenvalue weighted by molar-refractivity contribution is 0.0603. The second kappa shape index (κ2) is 7.09. The molecule has 0 bridgehead atoms. The molecule has 5 nitrogen and oxygen atoms in total. The molecule has 2 rings (SSSR count). The van der Waals surface area contributed by atoms with Gasteiger partial charge in [0.15, 0.2) is 0 Å².